The maximum Gasteiger partial charge on any atom is 0.176 e. The number of hydrogen-bond donors (Lipinski definition) is 1. The molecule has 4 heteroatoms. The van der Waals surface area contributed by atoms with Crippen molar-refractivity contribution in [3.63, 3.8) is 0 Å². The van der Waals surface area contributed by atoms with Gasteiger partial charge in [-0.05, 0) is 5.56 Å². The average molecular weight is 212 g/mol. The normalized spacial score (nSPS) is 11.1. The van der Waals surface area contributed by atoms with Gasteiger partial charge in [0, 0.05) is 12.5 Å². The van der Waals surface area contributed by atoms with E-state index in [1.807, 2.05) is 31.2 Å². The highest BCUT2D eigenvalue weighted by atomic mass is 15.5. The van der Waals surface area contributed by atoms with E-state index in [4.69, 9.17) is 0 Å². The van der Waals surface area contributed by atoms with Crippen LogP contribution in [0.1, 0.15) is 12.7 Å². The van der Waals surface area contributed by atoms with E-state index in [1.165, 1.54) is 0 Å². The summed E-state index contributed by atoms with van der Waals surface area (Å²) >= 11 is 0. The maximum atomic E-state index is 4.40. The SMILES string of the molecule is CCc1nc2cc(-c3ccccc3)[nH]n2n1. The highest BCUT2D eigenvalue weighted by Gasteiger charge is 2.06. The van der Waals surface area contributed by atoms with Crippen LogP contribution in [0.25, 0.3) is 16.9 Å². The first-order chi connectivity index (χ1) is 7.86. The quantitative estimate of drug-likeness (QED) is 0.708. The molecule has 1 N–H and O–H groups in total. The Morgan fingerprint density at radius 1 is 1.25 bits per heavy atom. The number of aryl methyl sites for hydroxylation is 1. The molecular weight excluding hydrogens is 200 g/mol. The maximum absolute atomic E-state index is 4.40. The van der Waals surface area contributed by atoms with Crippen LogP contribution in [-0.2, 0) is 6.42 Å². The second-order valence-corrected chi connectivity index (χ2v) is 3.69. The summed E-state index contributed by atoms with van der Waals surface area (Å²) in [6.45, 7) is 2.05. The number of fused-ring (bicyclic) bond motifs is 1. The first kappa shape index (κ1) is 9.15. The minimum atomic E-state index is 0.857. The molecule has 80 valence electrons. The molecule has 3 aromatic rings. The molecule has 16 heavy (non-hydrogen) atoms. The predicted octanol–water partition coefficient (Wildman–Crippen LogP) is 2.29. The molecule has 2 aromatic heterocycles. The first-order valence-electron chi connectivity index (χ1n) is 5.37. The largest absolute Gasteiger partial charge is 0.276 e. The number of aromatic nitrogens is 4. The molecule has 0 radical (unpaired) electrons. The van der Waals surface area contributed by atoms with Gasteiger partial charge in [0.2, 0.25) is 0 Å². The van der Waals surface area contributed by atoms with Gasteiger partial charge in [-0.1, -0.05) is 37.3 Å². The van der Waals surface area contributed by atoms with Crippen LogP contribution in [-0.4, -0.2) is 19.8 Å². The third-order valence-electron chi connectivity index (χ3n) is 2.58. The lowest BCUT2D eigenvalue weighted by atomic mass is 10.2. The van der Waals surface area contributed by atoms with E-state index in [2.05, 4.69) is 27.3 Å². The molecule has 0 atom stereocenters. The number of rotatable bonds is 2. The van der Waals surface area contributed by atoms with Crippen molar-refractivity contribution >= 4 is 5.65 Å². The van der Waals surface area contributed by atoms with Crippen LogP contribution in [0.5, 0.6) is 0 Å². The zero-order chi connectivity index (χ0) is 11.0. The fourth-order valence-corrected chi connectivity index (χ4v) is 1.74. The third kappa shape index (κ3) is 1.39. The number of nitrogens with one attached hydrogen (secondary N) is 1. The summed E-state index contributed by atoms with van der Waals surface area (Å²) in [4.78, 5) is 4.40. The summed E-state index contributed by atoms with van der Waals surface area (Å²) in [5, 5.41) is 7.54. The van der Waals surface area contributed by atoms with Gasteiger partial charge in [0.1, 0.15) is 0 Å². The Kier molecular flexibility index (Phi) is 1.99. The fraction of sp³-hybridized carbons (Fsp3) is 0.167. The number of H-pyrrole nitrogens is 1. The van der Waals surface area contributed by atoms with Gasteiger partial charge in [0.05, 0.1) is 5.69 Å². The second kappa shape index (κ2) is 3.48. The van der Waals surface area contributed by atoms with Crippen molar-refractivity contribution in [1.82, 2.24) is 19.8 Å². The standard InChI is InChI=1S/C12H12N4/c1-2-11-13-12-8-10(14-16(12)15-11)9-6-4-3-5-7-9/h3-8,14H,2H2,1H3. The molecule has 3 rings (SSSR count). The Bertz CT molecular complexity index is 575. The Morgan fingerprint density at radius 3 is 2.75 bits per heavy atom. The van der Waals surface area contributed by atoms with Crippen molar-refractivity contribution in [2.24, 2.45) is 0 Å². The summed E-state index contributed by atoms with van der Waals surface area (Å²) in [6, 6.07) is 12.2. The van der Waals surface area contributed by atoms with E-state index < -0.39 is 0 Å². The molecule has 0 bridgehead atoms. The summed E-state index contributed by atoms with van der Waals surface area (Å²) in [5.74, 6) is 0.867. The molecule has 0 aliphatic rings. The van der Waals surface area contributed by atoms with Crippen LogP contribution in [0, 0.1) is 0 Å². The van der Waals surface area contributed by atoms with Crippen molar-refractivity contribution in [1.29, 1.82) is 0 Å². The van der Waals surface area contributed by atoms with Crippen molar-refractivity contribution in [2.45, 2.75) is 13.3 Å². The van der Waals surface area contributed by atoms with Gasteiger partial charge in [-0.25, -0.2) is 4.98 Å². The van der Waals surface area contributed by atoms with E-state index >= 15 is 0 Å². The minimum Gasteiger partial charge on any atom is -0.276 e. The lowest BCUT2D eigenvalue weighted by molar-refractivity contribution is 0.792. The molecule has 0 saturated heterocycles. The molecule has 0 aliphatic heterocycles. The first-order valence-corrected chi connectivity index (χ1v) is 5.37. The van der Waals surface area contributed by atoms with Gasteiger partial charge in [-0.2, -0.15) is 4.63 Å². The smallest absolute Gasteiger partial charge is 0.176 e. The van der Waals surface area contributed by atoms with E-state index in [0.717, 1.165) is 29.1 Å². The Balaban J connectivity index is 2.10. The van der Waals surface area contributed by atoms with Crippen molar-refractivity contribution in [2.75, 3.05) is 0 Å². The monoisotopic (exact) mass is 212 g/mol. The van der Waals surface area contributed by atoms with Gasteiger partial charge in [0.15, 0.2) is 11.5 Å². The zero-order valence-electron chi connectivity index (χ0n) is 9.01. The lowest BCUT2D eigenvalue weighted by Gasteiger charge is -1.94. The van der Waals surface area contributed by atoms with E-state index in [9.17, 15) is 0 Å². The Hall–Kier alpha value is -2.10. The molecule has 0 saturated carbocycles. The minimum absolute atomic E-state index is 0.857. The summed E-state index contributed by atoms with van der Waals surface area (Å²) in [5.41, 5.74) is 3.06. The van der Waals surface area contributed by atoms with Crippen LogP contribution in [0.2, 0.25) is 0 Å². The van der Waals surface area contributed by atoms with Crippen LogP contribution in [0.4, 0.5) is 0 Å². The van der Waals surface area contributed by atoms with E-state index in [-0.39, 0.29) is 0 Å². The second-order valence-electron chi connectivity index (χ2n) is 3.69. The highest BCUT2D eigenvalue weighted by Crippen LogP contribution is 2.18. The summed E-state index contributed by atoms with van der Waals surface area (Å²) in [6.07, 6.45) is 0.857. The number of aromatic amines is 1. The van der Waals surface area contributed by atoms with Crippen molar-refractivity contribution < 1.29 is 0 Å². The molecule has 0 spiro atoms. The van der Waals surface area contributed by atoms with Gasteiger partial charge in [-0.15, -0.1) is 5.10 Å². The number of benzene rings is 1. The van der Waals surface area contributed by atoms with Crippen LogP contribution in [0.15, 0.2) is 36.4 Å². The van der Waals surface area contributed by atoms with Crippen molar-refractivity contribution in [3.05, 3.63) is 42.2 Å². The summed E-state index contributed by atoms with van der Waals surface area (Å²) < 4.78 is 1.72. The predicted molar refractivity (Wildman–Crippen MR) is 62.2 cm³/mol. The summed E-state index contributed by atoms with van der Waals surface area (Å²) in [7, 11) is 0. The molecule has 0 unspecified atom stereocenters. The van der Waals surface area contributed by atoms with Gasteiger partial charge in [0.25, 0.3) is 0 Å². The Morgan fingerprint density at radius 2 is 2.06 bits per heavy atom. The number of hydrogen-bond acceptors (Lipinski definition) is 2. The molecule has 2 heterocycles. The highest BCUT2D eigenvalue weighted by molar-refractivity contribution is 5.63. The van der Waals surface area contributed by atoms with Crippen LogP contribution >= 0.6 is 0 Å². The van der Waals surface area contributed by atoms with Crippen LogP contribution in [0.3, 0.4) is 0 Å². The average Bonchev–Trinajstić information content (AvgIpc) is 2.87. The van der Waals surface area contributed by atoms with E-state index in [0.29, 0.717) is 0 Å². The van der Waals surface area contributed by atoms with Gasteiger partial charge >= 0.3 is 0 Å². The topological polar surface area (TPSA) is 46.0 Å². The molecule has 4 nitrogen and oxygen atoms in total. The van der Waals surface area contributed by atoms with Gasteiger partial charge < -0.3 is 0 Å². The molecular formula is C12H12N4. The van der Waals surface area contributed by atoms with E-state index in [1.54, 1.807) is 4.63 Å². The molecule has 0 amide bonds. The number of nitrogens with zero attached hydrogens (tertiary/aromatic N) is 3. The molecule has 0 fully saturated rings. The Labute approximate surface area is 92.9 Å². The fourth-order valence-electron chi connectivity index (χ4n) is 1.74. The molecule has 0 aliphatic carbocycles. The molecule has 1 aromatic carbocycles. The lowest BCUT2D eigenvalue weighted by Crippen LogP contribution is -1.89. The van der Waals surface area contributed by atoms with Crippen LogP contribution < -0.4 is 0 Å². The van der Waals surface area contributed by atoms with Gasteiger partial charge in [-0.3, -0.25) is 5.10 Å². The van der Waals surface area contributed by atoms with Crippen molar-refractivity contribution in [3.8, 4) is 11.3 Å². The third-order valence-corrected chi connectivity index (χ3v) is 2.58. The zero-order valence-corrected chi connectivity index (χ0v) is 9.01.